The fourth-order valence-corrected chi connectivity index (χ4v) is 1.09. The van der Waals surface area contributed by atoms with Crippen LogP contribution >= 0.6 is 12.6 Å². The van der Waals surface area contributed by atoms with Crippen LogP contribution in [0.3, 0.4) is 0 Å². The molecule has 2 nitrogen and oxygen atoms in total. The number of thiol groups is 1. The van der Waals surface area contributed by atoms with Gasteiger partial charge in [0.2, 0.25) is 0 Å². The summed E-state index contributed by atoms with van der Waals surface area (Å²) >= 11 is 4.14. The summed E-state index contributed by atoms with van der Waals surface area (Å²) < 4.78 is 2.10. The van der Waals surface area contributed by atoms with Crippen molar-refractivity contribution in [3.05, 3.63) is 18.2 Å². The summed E-state index contributed by atoms with van der Waals surface area (Å²) in [4.78, 5) is 3.17. The predicted octanol–water partition coefficient (Wildman–Crippen LogP) is 0.702. The van der Waals surface area contributed by atoms with Gasteiger partial charge in [0.1, 0.15) is 12.4 Å². The number of aryl methyl sites for hydroxylation is 2. The number of aromatic amines is 1. The van der Waals surface area contributed by atoms with Gasteiger partial charge < -0.3 is 0 Å². The highest BCUT2D eigenvalue weighted by atomic mass is 32.1. The highest BCUT2D eigenvalue weighted by Gasteiger charge is 2.03. The maximum atomic E-state index is 4.14. The first-order valence-corrected chi connectivity index (χ1v) is 4.10. The largest absolute Gasteiger partial charge is 0.253 e. The molecule has 1 aromatic heterocycles. The summed E-state index contributed by atoms with van der Waals surface area (Å²) in [6.07, 6.45) is 6.20. The first kappa shape index (κ1) is 7.66. The van der Waals surface area contributed by atoms with E-state index in [1.165, 1.54) is 5.82 Å². The van der Waals surface area contributed by atoms with E-state index in [4.69, 9.17) is 0 Å². The monoisotopic (exact) mass is 157 g/mol. The van der Waals surface area contributed by atoms with Gasteiger partial charge in [-0.05, 0) is 12.2 Å². The zero-order valence-corrected chi connectivity index (χ0v) is 7.06. The average molecular weight is 157 g/mol. The minimum absolute atomic E-state index is 0.957. The van der Waals surface area contributed by atoms with Crippen molar-refractivity contribution < 1.29 is 4.57 Å². The number of H-pyrrole nitrogens is 1. The molecule has 10 heavy (non-hydrogen) atoms. The van der Waals surface area contributed by atoms with Crippen molar-refractivity contribution >= 4 is 12.6 Å². The Kier molecular flexibility index (Phi) is 2.81. The smallest absolute Gasteiger partial charge is 0.248 e. The Morgan fingerprint density at radius 2 is 2.50 bits per heavy atom. The lowest BCUT2D eigenvalue weighted by molar-refractivity contribution is -0.677. The zero-order chi connectivity index (χ0) is 7.40. The first-order valence-electron chi connectivity index (χ1n) is 3.47. The van der Waals surface area contributed by atoms with E-state index in [1.807, 2.05) is 19.4 Å². The molecule has 0 aliphatic carbocycles. The Hall–Kier alpha value is -0.440. The fourth-order valence-electron chi connectivity index (χ4n) is 0.932. The van der Waals surface area contributed by atoms with Crippen LogP contribution in [0.1, 0.15) is 12.2 Å². The Morgan fingerprint density at radius 3 is 3.00 bits per heavy atom. The molecule has 0 aliphatic heterocycles. The maximum Gasteiger partial charge on any atom is 0.253 e. The molecule has 56 valence electrons. The second-order valence-electron chi connectivity index (χ2n) is 2.34. The molecule has 0 amide bonds. The van der Waals surface area contributed by atoms with Crippen molar-refractivity contribution in [2.24, 2.45) is 7.05 Å². The molecule has 3 heteroatoms. The second-order valence-corrected chi connectivity index (χ2v) is 2.79. The van der Waals surface area contributed by atoms with Gasteiger partial charge in [-0.15, -0.1) is 0 Å². The predicted molar refractivity (Wildman–Crippen MR) is 44.1 cm³/mol. The van der Waals surface area contributed by atoms with Crippen LogP contribution in [0.5, 0.6) is 0 Å². The molecule has 1 heterocycles. The third kappa shape index (κ3) is 1.77. The number of hydrogen-bond acceptors (Lipinski definition) is 1. The summed E-state index contributed by atoms with van der Waals surface area (Å²) in [6.45, 7) is 0. The van der Waals surface area contributed by atoms with Crippen molar-refractivity contribution in [1.82, 2.24) is 4.98 Å². The maximum absolute atomic E-state index is 4.14. The van der Waals surface area contributed by atoms with Crippen LogP contribution in [0.4, 0.5) is 0 Å². The lowest BCUT2D eigenvalue weighted by Gasteiger charge is -1.90. The van der Waals surface area contributed by atoms with E-state index in [9.17, 15) is 0 Å². The molecular formula is C7H13N2S+. The number of imidazole rings is 1. The topological polar surface area (TPSA) is 19.7 Å². The van der Waals surface area contributed by atoms with Gasteiger partial charge in [-0.3, -0.25) is 0 Å². The lowest BCUT2D eigenvalue weighted by atomic mass is 10.3. The van der Waals surface area contributed by atoms with Gasteiger partial charge in [0.05, 0.1) is 7.05 Å². The van der Waals surface area contributed by atoms with E-state index in [0.717, 1.165) is 18.6 Å². The fraction of sp³-hybridized carbons (Fsp3) is 0.571. The third-order valence-electron chi connectivity index (χ3n) is 1.55. The van der Waals surface area contributed by atoms with Gasteiger partial charge in [0, 0.05) is 6.42 Å². The quantitative estimate of drug-likeness (QED) is 0.476. The van der Waals surface area contributed by atoms with Gasteiger partial charge >= 0.3 is 0 Å². The van der Waals surface area contributed by atoms with E-state index >= 15 is 0 Å². The first-order chi connectivity index (χ1) is 4.84. The standard InChI is InChI=1S/C7H12N2S/c1-9-5-4-8-7(9)3-2-6-10/h4-5,10H,2-3,6H2,1H3/p+1. The second kappa shape index (κ2) is 3.66. The van der Waals surface area contributed by atoms with E-state index in [0.29, 0.717) is 0 Å². The molecule has 1 N–H and O–H groups in total. The minimum atomic E-state index is 0.957. The van der Waals surface area contributed by atoms with Crippen LogP contribution in [-0.4, -0.2) is 10.7 Å². The summed E-state index contributed by atoms with van der Waals surface area (Å²) in [5.41, 5.74) is 0. The van der Waals surface area contributed by atoms with Gasteiger partial charge in [0.15, 0.2) is 0 Å². The number of rotatable bonds is 3. The van der Waals surface area contributed by atoms with Crippen molar-refractivity contribution in [3.8, 4) is 0 Å². The molecular weight excluding hydrogens is 144 g/mol. The Labute approximate surface area is 66.7 Å². The van der Waals surface area contributed by atoms with Gasteiger partial charge in [0.25, 0.3) is 5.82 Å². The SMILES string of the molecule is C[n+]1cc[nH]c1CCCS. The molecule has 0 unspecified atom stereocenters. The van der Waals surface area contributed by atoms with Crippen LogP contribution < -0.4 is 4.57 Å². The van der Waals surface area contributed by atoms with Crippen LogP contribution in [-0.2, 0) is 13.5 Å². The number of nitrogens with one attached hydrogen (secondary N) is 1. The molecule has 1 rings (SSSR count). The lowest BCUT2D eigenvalue weighted by Crippen LogP contribution is -2.30. The minimum Gasteiger partial charge on any atom is -0.248 e. The van der Waals surface area contributed by atoms with Crippen LogP contribution in [0.25, 0.3) is 0 Å². The number of hydrogen-bond donors (Lipinski definition) is 2. The molecule has 0 saturated heterocycles. The summed E-state index contributed by atoms with van der Waals surface area (Å²) in [5, 5.41) is 0. The normalized spacial score (nSPS) is 10.2. The summed E-state index contributed by atoms with van der Waals surface area (Å²) in [6, 6.07) is 0. The van der Waals surface area contributed by atoms with E-state index in [2.05, 4.69) is 22.2 Å². The molecule has 0 fully saturated rings. The summed E-state index contributed by atoms with van der Waals surface area (Å²) in [5.74, 6) is 2.23. The van der Waals surface area contributed by atoms with Gasteiger partial charge in [-0.1, -0.05) is 0 Å². The van der Waals surface area contributed by atoms with Crippen LogP contribution in [0.15, 0.2) is 12.4 Å². The molecule has 0 aliphatic rings. The molecule has 0 saturated carbocycles. The van der Waals surface area contributed by atoms with E-state index in [-0.39, 0.29) is 0 Å². The van der Waals surface area contributed by atoms with Crippen molar-refractivity contribution in [3.63, 3.8) is 0 Å². The molecule has 0 bridgehead atoms. The van der Waals surface area contributed by atoms with E-state index in [1.54, 1.807) is 0 Å². The zero-order valence-electron chi connectivity index (χ0n) is 6.17. The molecule has 0 radical (unpaired) electrons. The molecule has 0 atom stereocenters. The van der Waals surface area contributed by atoms with Crippen molar-refractivity contribution in [2.75, 3.05) is 5.75 Å². The van der Waals surface area contributed by atoms with E-state index < -0.39 is 0 Å². The van der Waals surface area contributed by atoms with Gasteiger partial charge in [-0.2, -0.15) is 12.6 Å². The highest BCUT2D eigenvalue weighted by Crippen LogP contribution is 1.93. The number of aromatic nitrogens is 2. The highest BCUT2D eigenvalue weighted by molar-refractivity contribution is 7.80. The number of nitrogens with zero attached hydrogens (tertiary/aromatic N) is 1. The molecule has 0 aromatic carbocycles. The third-order valence-corrected chi connectivity index (χ3v) is 1.86. The average Bonchev–Trinajstić information content (AvgIpc) is 2.31. The summed E-state index contributed by atoms with van der Waals surface area (Å²) in [7, 11) is 2.05. The molecule has 1 aromatic rings. The Morgan fingerprint density at radius 1 is 1.70 bits per heavy atom. The van der Waals surface area contributed by atoms with Crippen LogP contribution in [0.2, 0.25) is 0 Å². The van der Waals surface area contributed by atoms with Crippen molar-refractivity contribution in [2.45, 2.75) is 12.8 Å². The Bertz CT molecular complexity index is 195. The molecule has 0 spiro atoms. The van der Waals surface area contributed by atoms with Crippen LogP contribution in [0, 0.1) is 0 Å². The van der Waals surface area contributed by atoms with Gasteiger partial charge in [-0.25, -0.2) is 9.55 Å². The Balaban J connectivity index is 2.49. The van der Waals surface area contributed by atoms with Crippen molar-refractivity contribution in [1.29, 1.82) is 0 Å².